The molecule has 0 aliphatic carbocycles. The number of hydrogen-bond donors (Lipinski definition) is 1. The molecule has 0 aliphatic rings. The molecule has 5 rings (SSSR count). The second-order valence-corrected chi connectivity index (χ2v) is 7.02. The maximum atomic E-state index is 11.4. The van der Waals surface area contributed by atoms with Gasteiger partial charge in [0, 0.05) is 28.1 Å². The fraction of sp³-hybridized carbons (Fsp3) is 0.0417. The fourth-order valence-corrected chi connectivity index (χ4v) is 3.77. The zero-order valence-electron chi connectivity index (χ0n) is 15.8. The van der Waals surface area contributed by atoms with Crippen molar-refractivity contribution in [2.45, 2.75) is 6.92 Å². The highest BCUT2D eigenvalue weighted by Gasteiger charge is 2.14. The van der Waals surface area contributed by atoms with Crippen LogP contribution in [0.4, 0.5) is 0 Å². The van der Waals surface area contributed by atoms with Crippen LogP contribution < -0.4 is 5.73 Å². The first-order chi connectivity index (χ1) is 14.1. The Bertz CT molecular complexity index is 1380. The molecule has 2 heterocycles. The van der Waals surface area contributed by atoms with Crippen molar-refractivity contribution in [3.8, 4) is 16.8 Å². The fourth-order valence-electron chi connectivity index (χ4n) is 3.77. The molecule has 0 unspecified atom stereocenters. The Morgan fingerprint density at radius 1 is 0.966 bits per heavy atom. The first-order valence-corrected chi connectivity index (χ1v) is 9.35. The van der Waals surface area contributed by atoms with Gasteiger partial charge in [0.2, 0.25) is 5.91 Å². The first-order valence-electron chi connectivity index (χ1n) is 9.35. The lowest BCUT2D eigenvalue weighted by molar-refractivity contribution is 0.100. The number of nitrogens with zero attached hydrogens (tertiary/aromatic N) is 3. The highest BCUT2D eigenvalue weighted by Crippen LogP contribution is 2.33. The number of rotatable bonds is 3. The zero-order chi connectivity index (χ0) is 20.0. The minimum absolute atomic E-state index is 0.441. The SMILES string of the molecule is Cc1nn(-c2ccc(C(N)=O)cc2)c2cccc(-c3cnc4ccccc4c3)c12. The van der Waals surface area contributed by atoms with Crippen LogP contribution in [-0.4, -0.2) is 20.7 Å². The molecule has 3 aromatic carbocycles. The number of hydrogen-bond acceptors (Lipinski definition) is 3. The Balaban J connectivity index is 1.69. The molecule has 0 radical (unpaired) electrons. The van der Waals surface area contributed by atoms with Crippen molar-refractivity contribution in [2.75, 3.05) is 0 Å². The van der Waals surface area contributed by atoms with E-state index in [1.54, 1.807) is 12.1 Å². The number of carbonyl (C=O) groups is 1. The van der Waals surface area contributed by atoms with E-state index in [-0.39, 0.29) is 0 Å². The van der Waals surface area contributed by atoms with Crippen molar-refractivity contribution < 1.29 is 4.79 Å². The maximum absolute atomic E-state index is 11.4. The molecular formula is C24H18N4O. The van der Waals surface area contributed by atoms with Crippen molar-refractivity contribution in [3.05, 3.63) is 90.3 Å². The summed E-state index contributed by atoms with van der Waals surface area (Å²) in [7, 11) is 0. The third kappa shape index (κ3) is 2.84. The molecule has 0 bridgehead atoms. The Kier molecular flexibility index (Phi) is 3.88. The highest BCUT2D eigenvalue weighted by molar-refractivity contribution is 5.99. The Morgan fingerprint density at radius 3 is 2.55 bits per heavy atom. The molecule has 0 atom stereocenters. The van der Waals surface area contributed by atoms with Gasteiger partial charge in [-0.1, -0.05) is 30.3 Å². The maximum Gasteiger partial charge on any atom is 0.248 e. The van der Waals surface area contributed by atoms with Crippen LogP contribution in [0.5, 0.6) is 0 Å². The zero-order valence-corrected chi connectivity index (χ0v) is 15.8. The summed E-state index contributed by atoms with van der Waals surface area (Å²) in [5.74, 6) is -0.441. The largest absolute Gasteiger partial charge is 0.366 e. The molecule has 5 aromatic rings. The van der Waals surface area contributed by atoms with Crippen molar-refractivity contribution in [1.82, 2.24) is 14.8 Å². The van der Waals surface area contributed by atoms with E-state index in [1.807, 2.05) is 54.2 Å². The van der Waals surface area contributed by atoms with Crippen molar-refractivity contribution in [2.24, 2.45) is 5.73 Å². The minimum atomic E-state index is -0.441. The van der Waals surface area contributed by atoms with E-state index in [9.17, 15) is 4.79 Å². The Hall–Kier alpha value is -3.99. The van der Waals surface area contributed by atoms with Gasteiger partial charge in [0.25, 0.3) is 0 Å². The number of carbonyl (C=O) groups excluding carboxylic acids is 1. The van der Waals surface area contributed by atoms with Gasteiger partial charge in [-0.05, 0) is 55.0 Å². The summed E-state index contributed by atoms with van der Waals surface area (Å²) in [4.78, 5) is 16.0. The van der Waals surface area contributed by atoms with Gasteiger partial charge in [-0.2, -0.15) is 5.10 Å². The number of nitrogens with two attached hydrogens (primary N) is 1. The number of fused-ring (bicyclic) bond motifs is 2. The van der Waals surface area contributed by atoms with E-state index in [4.69, 9.17) is 10.8 Å². The highest BCUT2D eigenvalue weighted by atomic mass is 16.1. The quantitative estimate of drug-likeness (QED) is 0.497. The topological polar surface area (TPSA) is 73.8 Å². The number of pyridine rings is 1. The van der Waals surface area contributed by atoms with Crippen LogP contribution in [0.2, 0.25) is 0 Å². The van der Waals surface area contributed by atoms with Crippen LogP contribution in [0.25, 0.3) is 38.6 Å². The van der Waals surface area contributed by atoms with E-state index >= 15 is 0 Å². The molecule has 5 nitrogen and oxygen atoms in total. The molecule has 0 saturated carbocycles. The average molecular weight is 378 g/mol. The Labute approximate surface area is 167 Å². The summed E-state index contributed by atoms with van der Waals surface area (Å²) in [6.07, 6.45) is 1.91. The summed E-state index contributed by atoms with van der Waals surface area (Å²) in [5.41, 5.74) is 11.8. The summed E-state index contributed by atoms with van der Waals surface area (Å²) < 4.78 is 1.90. The molecule has 5 heteroatoms. The number of para-hydroxylation sites is 1. The predicted molar refractivity (Wildman–Crippen MR) is 115 cm³/mol. The lowest BCUT2D eigenvalue weighted by Crippen LogP contribution is -2.10. The van der Waals surface area contributed by atoms with Crippen LogP contribution in [0.1, 0.15) is 16.1 Å². The lowest BCUT2D eigenvalue weighted by Gasteiger charge is -2.07. The van der Waals surface area contributed by atoms with Gasteiger partial charge in [0.05, 0.1) is 22.4 Å². The lowest BCUT2D eigenvalue weighted by atomic mass is 10.0. The average Bonchev–Trinajstić information content (AvgIpc) is 3.10. The van der Waals surface area contributed by atoms with Crippen LogP contribution in [0.15, 0.2) is 79.0 Å². The number of aryl methyl sites for hydroxylation is 1. The number of aromatic nitrogens is 3. The molecule has 2 N–H and O–H groups in total. The standard InChI is InChI=1S/C24H18N4O/c1-15-23-20(18-13-17-5-2-3-7-21(17)26-14-18)6-4-8-22(23)28(27-15)19-11-9-16(10-12-19)24(25)29/h2-14H,1H3,(H2,25,29). The number of primary amides is 1. The summed E-state index contributed by atoms with van der Waals surface area (Å²) in [6.45, 7) is 2.01. The van der Waals surface area contributed by atoms with Gasteiger partial charge in [0.1, 0.15) is 0 Å². The second-order valence-electron chi connectivity index (χ2n) is 7.02. The smallest absolute Gasteiger partial charge is 0.248 e. The van der Waals surface area contributed by atoms with Crippen LogP contribution in [0.3, 0.4) is 0 Å². The van der Waals surface area contributed by atoms with Gasteiger partial charge >= 0.3 is 0 Å². The number of benzene rings is 3. The molecule has 140 valence electrons. The van der Waals surface area contributed by atoms with Gasteiger partial charge < -0.3 is 5.73 Å². The van der Waals surface area contributed by atoms with E-state index < -0.39 is 5.91 Å². The predicted octanol–water partition coefficient (Wildman–Crippen LogP) is 4.65. The molecule has 29 heavy (non-hydrogen) atoms. The van der Waals surface area contributed by atoms with Crippen LogP contribution in [-0.2, 0) is 0 Å². The van der Waals surface area contributed by atoms with Gasteiger partial charge in [-0.15, -0.1) is 0 Å². The third-order valence-electron chi connectivity index (χ3n) is 5.18. The van der Waals surface area contributed by atoms with Crippen LogP contribution >= 0.6 is 0 Å². The summed E-state index contributed by atoms with van der Waals surface area (Å²) in [5, 5.41) is 6.96. The molecule has 0 spiro atoms. The van der Waals surface area contributed by atoms with E-state index in [1.165, 1.54) is 0 Å². The van der Waals surface area contributed by atoms with E-state index in [2.05, 4.69) is 29.2 Å². The summed E-state index contributed by atoms with van der Waals surface area (Å²) in [6, 6.07) is 23.6. The second kappa shape index (κ2) is 6.56. The molecule has 0 fully saturated rings. The molecule has 0 aliphatic heterocycles. The third-order valence-corrected chi connectivity index (χ3v) is 5.18. The van der Waals surface area contributed by atoms with Crippen molar-refractivity contribution >= 4 is 27.7 Å². The van der Waals surface area contributed by atoms with E-state index in [0.29, 0.717) is 5.56 Å². The minimum Gasteiger partial charge on any atom is -0.366 e. The summed E-state index contributed by atoms with van der Waals surface area (Å²) >= 11 is 0. The molecule has 1 amide bonds. The number of amides is 1. The van der Waals surface area contributed by atoms with Gasteiger partial charge in [-0.3, -0.25) is 9.78 Å². The van der Waals surface area contributed by atoms with Gasteiger partial charge in [0.15, 0.2) is 0 Å². The molecular weight excluding hydrogens is 360 g/mol. The van der Waals surface area contributed by atoms with Crippen molar-refractivity contribution in [3.63, 3.8) is 0 Å². The molecule has 0 saturated heterocycles. The molecule has 2 aromatic heterocycles. The normalized spacial score (nSPS) is 11.2. The Morgan fingerprint density at radius 2 is 1.76 bits per heavy atom. The van der Waals surface area contributed by atoms with E-state index in [0.717, 1.165) is 44.3 Å². The van der Waals surface area contributed by atoms with Crippen LogP contribution in [0, 0.1) is 6.92 Å². The monoisotopic (exact) mass is 378 g/mol. The van der Waals surface area contributed by atoms with Gasteiger partial charge in [-0.25, -0.2) is 4.68 Å². The first kappa shape index (κ1) is 17.1. The van der Waals surface area contributed by atoms with Crippen molar-refractivity contribution in [1.29, 1.82) is 0 Å².